The maximum atomic E-state index is 13.8. The van der Waals surface area contributed by atoms with Crippen molar-refractivity contribution in [2.24, 2.45) is 5.92 Å². The summed E-state index contributed by atoms with van der Waals surface area (Å²) in [6.07, 6.45) is 1.10. The summed E-state index contributed by atoms with van der Waals surface area (Å²) in [6.45, 7) is -0.0427. The lowest BCUT2D eigenvalue weighted by Gasteiger charge is -2.20. The first-order valence-corrected chi connectivity index (χ1v) is 7.74. The van der Waals surface area contributed by atoms with E-state index in [-0.39, 0.29) is 17.5 Å². The van der Waals surface area contributed by atoms with Gasteiger partial charge in [0.2, 0.25) is 10.0 Å². The van der Waals surface area contributed by atoms with Gasteiger partial charge < -0.3 is 5.11 Å². The summed E-state index contributed by atoms with van der Waals surface area (Å²) >= 11 is 5.58. The summed E-state index contributed by atoms with van der Waals surface area (Å²) < 4.78 is 39.1. The molecule has 1 aromatic carbocycles. The zero-order chi connectivity index (χ0) is 14.2. The lowest BCUT2D eigenvalue weighted by molar-refractivity contribution is 0.131. The van der Waals surface area contributed by atoms with E-state index in [0.29, 0.717) is 0 Å². The van der Waals surface area contributed by atoms with Gasteiger partial charge in [-0.3, -0.25) is 0 Å². The van der Waals surface area contributed by atoms with Crippen LogP contribution in [0.5, 0.6) is 0 Å². The van der Waals surface area contributed by atoms with Gasteiger partial charge in [-0.2, -0.15) is 4.31 Å². The molecule has 1 fully saturated rings. The summed E-state index contributed by atoms with van der Waals surface area (Å²) in [5.41, 5.74) is 0. The molecule has 4 nitrogen and oxygen atoms in total. The number of sulfonamides is 1. The molecular formula is C12H15ClFNO3S. The fourth-order valence-electron chi connectivity index (χ4n) is 1.84. The van der Waals surface area contributed by atoms with Crippen LogP contribution in [0.1, 0.15) is 12.8 Å². The third-order valence-electron chi connectivity index (χ3n) is 3.21. The molecule has 1 N–H and O–H groups in total. The van der Waals surface area contributed by atoms with E-state index in [2.05, 4.69) is 0 Å². The second-order valence-corrected chi connectivity index (χ2v) is 7.16. The van der Waals surface area contributed by atoms with E-state index in [9.17, 15) is 17.9 Å². The number of rotatable bonds is 5. The summed E-state index contributed by atoms with van der Waals surface area (Å²) in [5.74, 6) is -0.807. The van der Waals surface area contributed by atoms with Gasteiger partial charge in [-0.05, 0) is 30.9 Å². The Hall–Kier alpha value is -0.690. The highest BCUT2D eigenvalue weighted by Gasteiger charge is 2.34. The number of nitrogens with zero attached hydrogens (tertiary/aromatic N) is 1. The fraction of sp³-hybridized carbons (Fsp3) is 0.500. The van der Waals surface area contributed by atoms with Crippen molar-refractivity contribution in [2.45, 2.75) is 23.8 Å². The van der Waals surface area contributed by atoms with E-state index < -0.39 is 26.8 Å². The fourth-order valence-corrected chi connectivity index (χ4v) is 3.35. The SMILES string of the molecule is CN(CC(O)C1CC1)S(=O)(=O)c1cccc(Cl)c1F. The highest BCUT2D eigenvalue weighted by Crippen LogP contribution is 2.33. The average Bonchev–Trinajstić information content (AvgIpc) is 3.16. The predicted octanol–water partition coefficient (Wildman–Crippen LogP) is 1.87. The van der Waals surface area contributed by atoms with Gasteiger partial charge in [0.25, 0.3) is 0 Å². The maximum Gasteiger partial charge on any atom is 0.245 e. The number of aliphatic hydroxyl groups is 1. The van der Waals surface area contributed by atoms with Gasteiger partial charge in [0, 0.05) is 13.6 Å². The summed E-state index contributed by atoms with van der Waals surface area (Å²) in [7, 11) is -2.66. The topological polar surface area (TPSA) is 57.6 Å². The van der Waals surface area contributed by atoms with Crippen molar-refractivity contribution >= 4 is 21.6 Å². The molecule has 0 amide bonds. The van der Waals surface area contributed by atoms with Gasteiger partial charge in [-0.1, -0.05) is 17.7 Å². The number of hydrogen-bond donors (Lipinski definition) is 1. The van der Waals surface area contributed by atoms with Crippen LogP contribution in [0.3, 0.4) is 0 Å². The molecule has 7 heteroatoms. The normalized spacial score (nSPS) is 17.7. The summed E-state index contributed by atoms with van der Waals surface area (Å²) in [4.78, 5) is -0.467. The minimum Gasteiger partial charge on any atom is -0.391 e. The van der Waals surface area contributed by atoms with E-state index in [0.717, 1.165) is 23.2 Å². The monoisotopic (exact) mass is 307 g/mol. The van der Waals surface area contributed by atoms with Crippen molar-refractivity contribution < 1.29 is 17.9 Å². The second-order valence-electron chi connectivity index (χ2n) is 4.74. The standard InChI is InChI=1S/C12H15ClFNO3S/c1-15(7-10(16)8-5-6-8)19(17,18)11-4-2-3-9(13)12(11)14/h2-4,8,10,16H,5-7H2,1H3. The van der Waals surface area contributed by atoms with Crippen molar-refractivity contribution in [3.8, 4) is 0 Å². The van der Waals surface area contributed by atoms with E-state index in [4.69, 9.17) is 11.6 Å². The molecule has 1 atom stereocenters. The van der Waals surface area contributed by atoms with Crippen LogP contribution in [0.25, 0.3) is 0 Å². The minimum atomic E-state index is -3.98. The molecule has 2 rings (SSSR count). The molecule has 1 aliphatic rings. The molecule has 0 bridgehead atoms. The van der Waals surface area contributed by atoms with E-state index in [1.54, 1.807) is 0 Å². The number of benzene rings is 1. The van der Waals surface area contributed by atoms with Crippen molar-refractivity contribution in [1.82, 2.24) is 4.31 Å². The van der Waals surface area contributed by atoms with Crippen molar-refractivity contribution in [3.63, 3.8) is 0 Å². The largest absolute Gasteiger partial charge is 0.391 e. The Kier molecular flexibility index (Phi) is 4.15. The molecule has 1 aliphatic carbocycles. The molecule has 0 saturated heterocycles. The van der Waals surface area contributed by atoms with Gasteiger partial charge in [-0.25, -0.2) is 12.8 Å². The smallest absolute Gasteiger partial charge is 0.245 e. The average molecular weight is 308 g/mol. The quantitative estimate of drug-likeness (QED) is 0.903. The van der Waals surface area contributed by atoms with Gasteiger partial charge in [0.1, 0.15) is 4.90 Å². The van der Waals surface area contributed by atoms with Gasteiger partial charge >= 0.3 is 0 Å². The Bertz CT molecular complexity index is 574. The molecule has 0 aromatic heterocycles. The number of likely N-dealkylation sites (N-methyl/N-ethyl adjacent to an activating group) is 1. The van der Waals surface area contributed by atoms with Crippen LogP contribution >= 0.6 is 11.6 Å². The van der Waals surface area contributed by atoms with E-state index in [1.165, 1.54) is 19.2 Å². The first-order valence-electron chi connectivity index (χ1n) is 5.92. The zero-order valence-corrected chi connectivity index (χ0v) is 12.0. The summed E-state index contributed by atoms with van der Waals surface area (Å²) in [5, 5.41) is 9.53. The second kappa shape index (κ2) is 5.36. The molecule has 0 heterocycles. The van der Waals surface area contributed by atoms with Crippen LogP contribution < -0.4 is 0 Å². The first kappa shape index (κ1) is 14.7. The molecule has 0 radical (unpaired) electrons. The van der Waals surface area contributed by atoms with Crippen LogP contribution in [0, 0.1) is 11.7 Å². The predicted molar refractivity (Wildman–Crippen MR) is 70.0 cm³/mol. The van der Waals surface area contributed by atoms with Crippen LogP contribution in [0.15, 0.2) is 23.1 Å². The molecule has 106 valence electrons. The van der Waals surface area contributed by atoms with Crippen molar-refractivity contribution in [3.05, 3.63) is 29.0 Å². The maximum absolute atomic E-state index is 13.8. The highest BCUT2D eigenvalue weighted by atomic mass is 35.5. The number of halogens is 2. The molecule has 19 heavy (non-hydrogen) atoms. The minimum absolute atomic E-state index is 0.0427. The third kappa shape index (κ3) is 3.08. The lowest BCUT2D eigenvalue weighted by atomic mass is 10.2. The van der Waals surface area contributed by atoms with Gasteiger partial charge in [0.05, 0.1) is 11.1 Å². The van der Waals surface area contributed by atoms with Crippen molar-refractivity contribution in [1.29, 1.82) is 0 Å². The molecule has 0 aliphatic heterocycles. The Morgan fingerprint density at radius 2 is 2.16 bits per heavy atom. The number of hydrogen-bond acceptors (Lipinski definition) is 3. The third-order valence-corrected chi connectivity index (χ3v) is 5.35. The van der Waals surface area contributed by atoms with E-state index in [1.807, 2.05) is 0 Å². The first-order chi connectivity index (χ1) is 8.84. The van der Waals surface area contributed by atoms with Crippen molar-refractivity contribution in [2.75, 3.05) is 13.6 Å². The Labute approximate surface area is 116 Å². The van der Waals surface area contributed by atoms with Gasteiger partial charge in [-0.15, -0.1) is 0 Å². The lowest BCUT2D eigenvalue weighted by Crippen LogP contribution is -2.35. The van der Waals surface area contributed by atoms with Crippen LogP contribution in [0.4, 0.5) is 4.39 Å². The highest BCUT2D eigenvalue weighted by molar-refractivity contribution is 7.89. The summed E-state index contributed by atoms with van der Waals surface area (Å²) in [6, 6.07) is 3.83. The van der Waals surface area contributed by atoms with Crippen LogP contribution in [0.2, 0.25) is 5.02 Å². The molecule has 1 saturated carbocycles. The Balaban J connectivity index is 2.23. The number of aliphatic hydroxyl groups excluding tert-OH is 1. The van der Waals surface area contributed by atoms with E-state index >= 15 is 0 Å². The Morgan fingerprint density at radius 3 is 2.74 bits per heavy atom. The molecular weight excluding hydrogens is 293 g/mol. The molecule has 0 spiro atoms. The molecule has 1 aromatic rings. The Morgan fingerprint density at radius 1 is 1.53 bits per heavy atom. The van der Waals surface area contributed by atoms with Crippen LogP contribution in [-0.4, -0.2) is 37.5 Å². The van der Waals surface area contributed by atoms with Gasteiger partial charge in [0.15, 0.2) is 5.82 Å². The van der Waals surface area contributed by atoms with Crippen LogP contribution in [-0.2, 0) is 10.0 Å². The molecule has 1 unspecified atom stereocenters. The zero-order valence-electron chi connectivity index (χ0n) is 10.4.